The smallest absolute Gasteiger partial charge is 0.270 e. The number of benzene rings is 1. The van der Waals surface area contributed by atoms with Gasteiger partial charge in [-0.15, -0.1) is 0 Å². The second kappa shape index (κ2) is 9.04. The first-order valence-corrected chi connectivity index (χ1v) is 10.5. The number of carbonyl (C=O) groups excluding carboxylic acids is 1. The molecule has 0 atom stereocenters. The molecule has 1 amide bonds. The van der Waals surface area contributed by atoms with Crippen LogP contribution < -0.4 is 15.1 Å². The van der Waals surface area contributed by atoms with Crippen molar-refractivity contribution >= 4 is 17.4 Å². The number of hydrogen-bond acceptors (Lipinski definition) is 5. The lowest BCUT2D eigenvalue weighted by Gasteiger charge is -2.36. The van der Waals surface area contributed by atoms with E-state index in [1.165, 1.54) is 37.7 Å². The molecule has 0 radical (unpaired) electrons. The summed E-state index contributed by atoms with van der Waals surface area (Å²) in [6.45, 7) is 3.65. The molecule has 4 rings (SSSR count). The predicted molar refractivity (Wildman–Crippen MR) is 112 cm³/mol. The van der Waals surface area contributed by atoms with Crippen molar-refractivity contribution in [3.05, 3.63) is 48.4 Å². The Kier molecular flexibility index (Phi) is 6.04. The SMILES string of the molecule is O=C(NC1CCCCCC1)c1cc(N2CCN(c3ccccc3)CC2)ncn1. The Bertz CT molecular complexity index is 766. The zero-order valence-electron chi connectivity index (χ0n) is 16.4. The van der Waals surface area contributed by atoms with Crippen molar-refractivity contribution in [1.82, 2.24) is 15.3 Å². The summed E-state index contributed by atoms with van der Waals surface area (Å²) in [6.07, 6.45) is 8.62. The normalized spacial score (nSPS) is 18.6. The molecule has 1 saturated heterocycles. The summed E-state index contributed by atoms with van der Waals surface area (Å²) < 4.78 is 0. The number of piperazine rings is 1. The quantitative estimate of drug-likeness (QED) is 0.827. The first kappa shape index (κ1) is 18.7. The maximum atomic E-state index is 12.7. The van der Waals surface area contributed by atoms with E-state index in [-0.39, 0.29) is 11.9 Å². The lowest BCUT2D eigenvalue weighted by molar-refractivity contribution is 0.0928. The fourth-order valence-corrected chi connectivity index (χ4v) is 4.16. The maximum absolute atomic E-state index is 12.7. The number of nitrogens with one attached hydrogen (secondary N) is 1. The standard InChI is InChI=1S/C22H29N5O/c28-22(25-18-8-4-1-2-5-9-18)20-16-21(24-17-23-20)27-14-12-26(13-15-27)19-10-6-3-7-11-19/h3,6-7,10-11,16-18H,1-2,4-5,8-9,12-15H2,(H,25,28). The van der Waals surface area contributed by atoms with E-state index in [2.05, 4.69) is 49.4 Å². The molecular weight excluding hydrogens is 350 g/mol. The van der Waals surface area contributed by atoms with E-state index in [1.807, 2.05) is 12.1 Å². The van der Waals surface area contributed by atoms with E-state index in [1.54, 1.807) is 0 Å². The van der Waals surface area contributed by atoms with Crippen LogP contribution in [0.1, 0.15) is 49.0 Å². The van der Waals surface area contributed by atoms with E-state index in [9.17, 15) is 4.79 Å². The van der Waals surface area contributed by atoms with Crippen LogP contribution in [0.3, 0.4) is 0 Å². The molecular formula is C22H29N5O. The number of hydrogen-bond donors (Lipinski definition) is 1. The Balaban J connectivity index is 1.36. The number of aromatic nitrogens is 2. The Morgan fingerprint density at radius 1 is 0.893 bits per heavy atom. The van der Waals surface area contributed by atoms with Crippen LogP contribution in [-0.2, 0) is 0 Å². The largest absolute Gasteiger partial charge is 0.368 e. The Hall–Kier alpha value is -2.63. The fraction of sp³-hybridized carbons (Fsp3) is 0.500. The Morgan fingerprint density at radius 3 is 2.29 bits per heavy atom. The third-order valence-electron chi connectivity index (χ3n) is 5.80. The van der Waals surface area contributed by atoms with E-state index in [0.29, 0.717) is 5.69 Å². The Morgan fingerprint density at radius 2 is 1.57 bits per heavy atom. The molecule has 1 N–H and O–H groups in total. The van der Waals surface area contributed by atoms with Crippen LogP contribution in [-0.4, -0.2) is 48.1 Å². The van der Waals surface area contributed by atoms with Crippen LogP contribution in [0.5, 0.6) is 0 Å². The summed E-state index contributed by atoms with van der Waals surface area (Å²) in [4.78, 5) is 25.9. The minimum atomic E-state index is -0.0709. The summed E-state index contributed by atoms with van der Waals surface area (Å²) in [5.41, 5.74) is 1.73. The van der Waals surface area contributed by atoms with Gasteiger partial charge in [-0.25, -0.2) is 9.97 Å². The third kappa shape index (κ3) is 4.61. The van der Waals surface area contributed by atoms with Crippen molar-refractivity contribution in [1.29, 1.82) is 0 Å². The van der Waals surface area contributed by atoms with Gasteiger partial charge in [0.25, 0.3) is 5.91 Å². The molecule has 1 aromatic carbocycles. The molecule has 1 saturated carbocycles. The number of carbonyl (C=O) groups is 1. The van der Waals surface area contributed by atoms with E-state index in [4.69, 9.17) is 0 Å². The van der Waals surface area contributed by atoms with Gasteiger partial charge in [-0.2, -0.15) is 0 Å². The molecule has 2 aliphatic rings. The van der Waals surface area contributed by atoms with Gasteiger partial charge < -0.3 is 15.1 Å². The summed E-state index contributed by atoms with van der Waals surface area (Å²) in [7, 11) is 0. The van der Waals surface area contributed by atoms with Gasteiger partial charge in [0.15, 0.2) is 0 Å². The van der Waals surface area contributed by atoms with Gasteiger partial charge in [0.2, 0.25) is 0 Å². The average Bonchev–Trinajstić information content (AvgIpc) is 3.03. The number of para-hydroxylation sites is 1. The van der Waals surface area contributed by atoms with Gasteiger partial charge >= 0.3 is 0 Å². The summed E-state index contributed by atoms with van der Waals surface area (Å²) in [5.74, 6) is 0.771. The third-order valence-corrected chi connectivity index (χ3v) is 5.80. The van der Waals surface area contributed by atoms with Gasteiger partial charge in [0.1, 0.15) is 17.8 Å². The highest BCUT2D eigenvalue weighted by Gasteiger charge is 2.21. The van der Waals surface area contributed by atoms with Crippen molar-refractivity contribution in [2.75, 3.05) is 36.0 Å². The summed E-state index contributed by atoms with van der Waals surface area (Å²) >= 11 is 0. The second-order valence-corrected chi connectivity index (χ2v) is 7.73. The minimum absolute atomic E-state index is 0.0709. The highest BCUT2D eigenvalue weighted by molar-refractivity contribution is 5.93. The number of rotatable bonds is 4. The summed E-state index contributed by atoms with van der Waals surface area (Å²) in [5, 5.41) is 3.18. The maximum Gasteiger partial charge on any atom is 0.270 e. The molecule has 0 bridgehead atoms. The first-order chi connectivity index (χ1) is 13.8. The monoisotopic (exact) mass is 379 g/mol. The van der Waals surface area contributed by atoms with Gasteiger partial charge in [0.05, 0.1) is 0 Å². The topological polar surface area (TPSA) is 61.4 Å². The predicted octanol–water partition coefficient (Wildman–Crippen LogP) is 3.26. The van der Waals surface area contributed by atoms with Gasteiger partial charge in [0, 0.05) is 44.0 Å². The molecule has 0 unspecified atom stereocenters. The van der Waals surface area contributed by atoms with Gasteiger partial charge in [-0.1, -0.05) is 43.9 Å². The molecule has 6 heteroatoms. The van der Waals surface area contributed by atoms with E-state index in [0.717, 1.165) is 44.8 Å². The van der Waals surface area contributed by atoms with Crippen LogP contribution in [0.4, 0.5) is 11.5 Å². The van der Waals surface area contributed by atoms with Crippen LogP contribution in [0.2, 0.25) is 0 Å². The average molecular weight is 380 g/mol. The van der Waals surface area contributed by atoms with Crippen LogP contribution >= 0.6 is 0 Å². The van der Waals surface area contributed by atoms with Crippen molar-refractivity contribution in [3.8, 4) is 0 Å². The van der Waals surface area contributed by atoms with Crippen LogP contribution in [0.25, 0.3) is 0 Å². The van der Waals surface area contributed by atoms with Crippen LogP contribution in [0.15, 0.2) is 42.7 Å². The fourth-order valence-electron chi connectivity index (χ4n) is 4.16. The summed E-state index contributed by atoms with van der Waals surface area (Å²) in [6, 6.07) is 12.6. The molecule has 148 valence electrons. The van der Waals surface area contributed by atoms with E-state index >= 15 is 0 Å². The molecule has 2 fully saturated rings. The second-order valence-electron chi connectivity index (χ2n) is 7.73. The van der Waals surface area contributed by atoms with Crippen molar-refractivity contribution in [3.63, 3.8) is 0 Å². The number of anilines is 2. The molecule has 0 spiro atoms. The first-order valence-electron chi connectivity index (χ1n) is 10.5. The highest BCUT2D eigenvalue weighted by atomic mass is 16.1. The molecule has 2 aromatic rings. The minimum Gasteiger partial charge on any atom is -0.368 e. The van der Waals surface area contributed by atoms with Crippen molar-refractivity contribution < 1.29 is 4.79 Å². The molecule has 28 heavy (non-hydrogen) atoms. The number of nitrogens with zero attached hydrogens (tertiary/aromatic N) is 4. The zero-order chi connectivity index (χ0) is 19.2. The zero-order valence-corrected chi connectivity index (χ0v) is 16.4. The Labute approximate surface area is 167 Å². The molecule has 1 aliphatic heterocycles. The highest BCUT2D eigenvalue weighted by Crippen LogP contribution is 2.20. The lowest BCUT2D eigenvalue weighted by Crippen LogP contribution is -2.47. The molecule has 1 aliphatic carbocycles. The molecule has 1 aromatic heterocycles. The van der Waals surface area contributed by atoms with Gasteiger partial charge in [-0.05, 0) is 25.0 Å². The van der Waals surface area contributed by atoms with Gasteiger partial charge in [-0.3, -0.25) is 4.79 Å². The van der Waals surface area contributed by atoms with E-state index < -0.39 is 0 Å². The van der Waals surface area contributed by atoms with Crippen molar-refractivity contribution in [2.45, 2.75) is 44.6 Å². The lowest BCUT2D eigenvalue weighted by atomic mass is 10.1. The van der Waals surface area contributed by atoms with Crippen LogP contribution in [0, 0.1) is 0 Å². The van der Waals surface area contributed by atoms with Crippen molar-refractivity contribution in [2.24, 2.45) is 0 Å². The molecule has 6 nitrogen and oxygen atoms in total. The molecule has 2 heterocycles. The number of amides is 1.